The first-order valence-electron chi connectivity index (χ1n) is 8.93. The smallest absolute Gasteiger partial charge is 0.307 e. The van der Waals surface area contributed by atoms with Crippen LogP contribution in [-0.2, 0) is 24.3 Å². The lowest BCUT2D eigenvalue weighted by atomic mass is 10.1. The van der Waals surface area contributed by atoms with Gasteiger partial charge in [-0.15, -0.1) is 11.3 Å². The minimum Gasteiger partial charge on any atom is -0.457 e. The van der Waals surface area contributed by atoms with Crippen molar-refractivity contribution in [2.45, 2.75) is 30.4 Å². The number of hydrogen-bond acceptors (Lipinski definition) is 7. The number of thiophene rings is 1. The maximum Gasteiger partial charge on any atom is 0.307 e. The third-order valence-electron chi connectivity index (χ3n) is 3.71. The topological polar surface area (TPSA) is 119 Å². The number of hydrogen-bond donors (Lipinski definition) is 2. The van der Waals surface area contributed by atoms with Gasteiger partial charge in [-0.2, -0.15) is 0 Å². The van der Waals surface area contributed by atoms with Crippen LogP contribution in [0.3, 0.4) is 0 Å². The van der Waals surface area contributed by atoms with Crippen LogP contribution in [0.5, 0.6) is 0 Å². The predicted octanol–water partition coefficient (Wildman–Crippen LogP) is 2.58. The van der Waals surface area contributed by atoms with Crippen LogP contribution < -0.4 is 10.0 Å². The van der Waals surface area contributed by atoms with Crippen LogP contribution in [0.25, 0.3) is 0 Å². The Balaban J connectivity index is 1.74. The Morgan fingerprint density at radius 1 is 1.07 bits per heavy atom. The summed E-state index contributed by atoms with van der Waals surface area (Å²) in [5, 5.41) is 4.35. The molecule has 0 spiro atoms. The lowest BCUT2D eigenvalue weighted by Crippen LogP contribution is -2.26. The van der Waals surface area contributed by atoms with E-state index in [4.69, 9.17) is 4.74 Å². The molecule has 2 N–H and O–H groups in total. The molecular weight excluding hydrogens is 416 g/mol. The molecule has 0 saturated heterocycles. The molecule has 0 radical (unpaired) electrons. The van der Waals surface area contributed by atoms with Crippen molar-refractivity contribution >= 4 is 44.7 Å². The van der Waals surface area contributed by atoms with Crippen LogP contribution in [0, 0.1) is 0 Å². The van der Waals surface area contributed by atoms with Crippen LogP contribution in [0.1, 0.15) is 36.5 Å². The molecule has 1 heterocycles. The molecule has 1 amide bonds. The quantitative estimate of drug-likeness (QED) is 0.411. The average molecular weight is 439 g/mol. The van der Waals surface area contributed by atoms with Gasteiger partial charge in [0.25, 0.3) is 0 Å². The molecule has 0 bridgehead atoms. The van der Waals surface area contributed by atoms with Crippen molar-refractivity contribution in [2.75, 3.05) is 18.5 Å². The molecule has 29 heavy (non-hydrogen) atoms. The summed E-state index contributed by atoms with van der Waals surface area (Å²) in [6.45, 7) is 1.33. The Hall–Kier alpha value is -2.56. The zero-order valence-electron chi connectivity index (χ0n) is 15.8. The molecule has 0 saturated carbocycles. The van der Waals surface area contributed by atoms with Crippen LogP contribution in [0.2, 0.25) is 0 Å². The van der Waals surface area contributed by atoms with E-state index in [0.717, 1.165) is 17.8 Å². The van der Waals surface area contributed by atoms with Crippen molar-refractivity contribution in [3.05, 3.63) is 47.3 Å². The molecule has 0 aliphatic heterocycles. The van der Waals surface area contributed by atoms with E-state index < -0.39 is 28.4 Å². The van der Waals surface area contributed by atoms with Crippen molar-refractivity contribution in [2.24, 2.45) is 0 Å². The van der Waals surface area contributed by atoms with Gasteiger partial charge in [0.2, 0.25) is 15.9 Å². The number of rotatable bonds is 11. The molecule has 156 valence electrons. The highest BCUT2D eigenvalue weighted by atomic mass is 32.2. The second kappa shape index (κ2) is 10.8. The second-order valence-corrected chi connectivity index (χ2v) is 8.98. The summed E-state index contributed by atoms with van der Waals surface area (Å²) in [7, 11) is -3.64. The third kappa shape index (κ3) is 7.41. The number of carbonyl (C=O) groups is 3. The molecule has 1 aromatic heterocycles. The number of sulfonamides is 1. The standard InChI is InChI=1S/C19H22N2O6S2/c1-2-4-17(23)21-15-8-6-14(7-9-15)16(22)13-27-18(24)10-11-20-29(25,26)19-5-3-12-28-19/h3,5-9,12,20H,2,4,10-11,13H2,1H3,(H,21,23). The Labute approximate surface area is 173 Å². The minimum atomic E-state index is -3.64. The van der Waals surface area contributed by atoms with Gasteiger partial charge in [-0.3, -0.25) is 14.4 Å². The summed E-state index contributed by atoms with van der Waals surface area (Å²) >= 11 is 1.07. The fourth-order valence-corrected chi connectivity index (χ4v) is 4.34. The Morgan fingerprint density at radius 2 is 1.79 bits per heavy atom. The predicted molar refractivity (Wildman–Crippen MR) is 109 cm³/mol. The van der Waals surface area contributed by atoms with Crippen LogP contribution in [0.4, 0.5) is 5.69 Å². The number of esters is 1. The minimum absolute atomic E-state index is 0.102. The molecule has 0 aliphatic rings. The molecule has 10 heteroatoms. The van der Waals surface area contributed by atoms with Crippen molar-refractivity contribution in [1.29, 1.82) is 0 Å². The molecule has 0 unspecified atom stereocenters. The fraction of sp³-hybridized carbons (Fsp3) is 0.316. The summed E-state index contributed by atoms with van der Waals surface area (Å²) in [6, 6.07) is 9.35. The highest BCUT2D eigenvalue weighted by Crippen LogP contribution is 2.15. The molecular formula is C19H22N2O6S2. The van der Waals surface area contributed by atoms with Gasteiger partial charge in [-0.05, 0) is 42.1 Å². The summed E-state index contributed by atoms with van der Waals surface area (Å²) in [5.41, 5.74) is 0.916. The highest BCUT2D eigenvalue weighted by Gasteiger charge is 2.16. The maximum atomic E-state index is 12.1. The van der Waals surface area contributed by atoms with Crippen LogP contribution in [0.15, 0.2) is 46.0 Å². The lowest BCUT2D eigenvalue weighted by Gasteiger charge is -2.07. The first-order valence-corrected chi connectivity index (χ1v) is 11.3. The van der Waals surface area contributed by atoms with Crippen molar-refractivity contribution in [3.63, 3.8) is 0 Å². The van der Waals surface area contributed by atoms with Gasteiger partial charge in [0, 0.05) is 24.2 Å². The van der Waals surface area contributed by atoms with E-state index in [1.165, 1.54) is 18.2 Å². The normalized spacial score (nSPS) is 11.1. The molecule has 0 atom stereocenters. The Bertz CT molecular complexity index is 938. The number of ketones is 1. The fourth-order valence-electron chi connectivity index (χ4n) is 2.27. The Morgan fingerprint density at radius 3 is 2.41 bits per heavy atom. The highest BCUT2D eigenvalue weighted by molar-refractivity contribution is 7.91. The van der Waals surface area contributed by atoms with E-state index in [1.54, 1.807) is 23.6 Å². The number of benzene rings is 1. The zero-order valence-corrected chi connectivity index (χ0v) is 17.5. The van der Waals surface area contributed by atoms with Gasteiger partial charge < -0.3 is 10.1 Å². The maximum absolute atomic E-state index is 12.1. The number of nitrogens with one attached hydrogen (secondary N) is 2. The van der Waals surface area contributed by atoms with Gasteiger partial charge in [-0.1, -0.05) is 13.0 Å². The SMILES string of the molecule is CCCC(=O)Nc1ccc(C(=O)COC(=O)CCNS(=O)(=O)c2cccs2)cc1. The largest absolute Gasteiger partial charge is 0.457 e. The summed E-state index contributed by atoms with van der Waals surface area (Å²) < 4.78 is 31.2. The van der Waals surface area contributed by atoms with Crippen LogP contribution in [-0.4, -0.2) is 39.2 Å². The number of Topliss-reactive ketones (excluding diaryl/α,β-unsaturated/α-hetero) is 1. The number of ether oxygens (including phenoxy) is 1. The molecule has 2 rings (SSSR count). The van der Waals surface area contributed by atoms with Crippen LogP contribution >= 0.6 is 11.3 Å². The molecule has 0 aliphatic carbocycles. The van der Waals surface area contributed by atoms with Gasteiger partial charge >= 0.3 is 5.97 Å². The Kier molecular flexibility index (Phi) is 8.50. The van der Waals surface area contributed by atoms with E-state index in [2.05, 4.69) is 10.0 Å². The van der Waals surface area contributed by atoms with Crippen molar-refractivity contribution in [3.8, 4) is 0 Å². The van der Waals surface area contributed by atoms with Gasteiger partial charge in [0.05, 0.1) is 6.42 Å². The van der Waals surface area contributed by atoms with Gasteiger partial charge in [-0.25, -0.2) is 13.1 Å². The molecule has 1 aromatic carbocycles. The number of amides is 1. The van der Waals surface area contributed by atoms with E-state index >= 15 is 0 Å². The monoisotopic (exact) mass is 438 g/mol. The van der Waals surface area contributed by atoms with E-state index in [9.17, 15) is 22.8 Å². The average Bonchev–Trinajstić information content (AvgIpc) is 3.22. The van der Waals surface area contributed by atoms with E-state index in [1.807, 2.05) is 6.92 Å². The second-order valence-electron chi connectivity index (χ2n) is 6.04. The number of anilines is 1. The van der Waals surface area contributed by atoms with Gasteiger partial charge in [0.15, 0.2) is 12.4 Å². The molecule has 8 nitrogen and oxygen atoms in total. The first-order chi connectivity index (χ1) is 13.8. The summed E-state index contributed by atoms with van der Waals surface area (Å²) in [5.74, 6) is -1.19. The van der Waals surface area contributed by atoms with E-state index in [0.29, 0.717) is 17.7 Å². The molecule has 0 fully saturated rings. The third-order valence-corrected chi connectivity index (χ3v) is 6.57. The van der Waals surface area contributed by atoms with Crippen molar-refractivity contribution < 1.29 is 27.5 Å². The first kappa shape index (κ1) is 22.7. The van der Waals surface area contributed by atoms with E-state index in [-0.39, 0.29) is 23.1 Å². The summed E-state index contributed by atoms with van der Waals surface area (Å²) in [6.07, 6.45) is 0.962. The lowest BCUT2D eigenvalue weighted by molar-refractivity contribution is -0.142. The molecule has 2 aromatic rings. The number of carbonyl (C=O) groups excluding carboxylic acids is 3. The van der Waals surface area contributed by atoms with Gasteiger partial charge in [0.1, 0.15) is 4.21 Å². The van der Waals surface area contributed by atoms with Crippen molar-refractivity contribution in [1.82, 2.24) is 4.72 Å². The summed E-state index contributed by atoms with van der Waals surface area (Å²) in [4.78, 5) is 35.4. The zero-order chi connectivity index (χ0) is 21.3.